The maximum absolute atomic E-state index is 8.90. The highest BCUT2D eigenvalue weighted by atomic mass is 16.3. The lowest BCUT2D eigenvalue weighted by Crippen LogP contribution is -1.98. The number of aromatic nitrogens is 2. The molecular weight excluding hydrogens is 476 g/mol. The monoisotopic (exact) mass is 506 g/mol. The standard InChI is InChI=1S/C36H22N2O/c1-5-16-31-25(12-1)26-13-2-6-17-32(26)37(31)23-10-9-11-24(22-23)38-33-18-7-3-14-27(33)29-20-21-30-28-15-4-8-19-34(28)39-36(30)35(29)38/h1-22H/i1D,2D,5D,6D,12D,13D,16D,17D. The number of hydrogen-bond donors (Lipinski definition) is 0. The highest BCUT2D eigenvalue weighted by molar-refractivity contribution is 6.21. The first-order valence-corrected chi connectivity index (χ1v) is 12.6. The van der Waals surface area contributed by atoms with Crippen molar-refractivity contribution in [2.24, 2.45) is 0 Å². The largest absolute Gasteiger partial charge is 0.454 e. The number of para-hydroxylation sites is 4. The molecule has 9 aromatic rings. The molecule has 6 aromatic carbocycles. The Morgan fingerprint density at radius 1 is 0.487 bits per heavy atom. The molecule has 0 atom stereocenters. The van der Waals surface area contributed by atoms with Crippen molar-refractivity contribution in [1.82, 2.24) is 9.13 Å². The highest BCUT2D eigenvalue weighted by Crippen LogP contribution is 2.40. The van der Waals surface area contributed by atoms with Crippen molar-refractivity contribution in [3.63, 3.8) is 0 Å². The topological polar surface area (TPSA) is 23.0 Å². The summed E-state index contributed by atoms with van der Waals surface area (Å²) in [5, 5.41) is 4.09. The molecule has 182 valence electrons. The summed E-state index contributed by atoms with van der Waals surface area (Å²) < 4.78 is 79.1. The van der Waals surface area contributed by atoms with Crippen molar-refractivity contribution in [3.8, 4) is 11.4 Å². The van der Waals surface area contributed by atoms with E-state index in [0.717, 1.165) is 49.4 Å². The van der Waals surface area contributed by atoms with Gasteiger partial charge in [-0.25, -0.2) is 0 Å². The van der Waals surface area contributed by atoms with Gasteiger partial charge in [0.05, 0.1) is 33.0 Å². The van der Waals surface area contributed by atoms with E-state index in [4.69, 9.17) is 15.4 Å². The van der Waals surface area contributed by atoms with Crippen molar-refractivity contribution < 1.29 is 15.4 Å². The SMILES string of the molecule is [2H]c1c([2H])c([2H])c2c(c1[2H])c1c([2H])c([2H])c([2H])c([2H])c1n2-c1cccc(-n2c3ccccc3c3ccc4c5ccccc5oc4c32)c1. The Balaban J connectivity index is 1.44. The zero-order valence-corrected chi connectivity index (χ0v) is 20.4. The number of fused-ring (bicyclic) bond motifs is 10. The van der Waals surface area contributed by atoms with E-state index >= 15 is 0 Å². The quantitative estimate of drug-likeness (QED) is 0.229. The van der Waals surface area contributed by atoms with Gasteiger partial charge >= 0.3 is 0 Å². The Bertz CT molecular complexity index is 2770. The molecule has 0 bridgehead atoms. The van der Waals surface area contributed by atoms with Gasteiger partial charge in [0.25, 0.3) is 0 Å². The van der Waals surface area contributed by atoms with E-state index < -0.39 is 24.2 Å². The molecule has 0 unspecified atom stereocenters. The van der Waals surface area contributed by atoms with Crippen LogP contribution in [0.4, 0.5) is 0 Å². The van der Waals surface area contributed by atoms with E-state index in [1.165, 1.54) is 4.57 Å². The molecule has 0 saturated carbocycles. The van der Waals surface area contributed by atoms with Crippen LogP contribution in [-0.2, 0) is 0 Å². The highest BCUT2D eigenvalue weighted by Gasteiger charge is 2.19. The van der Waals surface area contributed by atoms with E-state index in [1.807, 2.05) is 60.7 Å². The van der Waals surface area contributed by atoms with Crippen LogP contribution in [0.5, 0.6) is 0 Å². The molecule has 0 aliphatic carbocycles. The summed E-state index contributed by atoms with van der Waals surface area (Å²) in [4.78, 5) is 0. The van der Waals surface area contributed by atoms with Crippen molar-refractivity contribution in [2.45, 2.75) is 0 Å². The lowest BCUT2D eigenvalue weighted by Gasteiger charge is -2.13. The van der Waals surface area contributed by atoms with Crippen molar-refractivity contribution in [2.75, 3.05) is 0 Å². The van der Waals surface area contributed by atoms with Gasteiger partial charge in [0.15, 0.2) is 5.58 Å². The summed E-state index contributed by atoms with van der Waals surface area (Å²) in [5.41, 5.74) is 4.66. The minimum absolute atomic E-state index is 0.0456. The van der Waals surface area contributed by atoms with Crippen LogP contribution in [0.2, 0.25) is 0 Å². The van der Waals surface area contributed by atoms with E-state index in [1.54, 1.807) is 6.07 Å². The van der Waals surface area contributed by atoms with Crippen molar-refractivity contribution in [3.05, 3.63) is 133 Å². The molecule has 0 aliphatic heterocycles. The zero-order valence-electron chi connectivity index (χ0n) is 28.4. The maximum Gasteiger partial charge on any atom is 0.160 e. The van der Waals surface area contributed by atoms with Gasteiger partial charge in [-0.2, -0.15) is 0 Å². The van der Waals surface area contributed by atoms with Gasteiger partial charge in [-0.1, -0.05) is 84.8 Å². The Morgan fingerprint density at radius 3 is 1.92 bits per heavy atom. The Kier molecular flexibility index (Phi) is 2.85. The molecule has 9 rings (SSSR count). The summed E-state index contributed by atoms with van der Waals surface area (Å²) >= 11 is 0. The second kappa shape index (κ2) is 7.62. The molecule has 0 fully saturated rings. The molecule has 3 aromatic heterocycles. The van der Waals surface area contributed by atoms with E-state index in [9.17, 15) is 0 Å². The summed E-state index contributed by atoms with van der Waals surface area (Å²) in [6, 6.07) is 24.3. The molecule has 0 amide bonds. The van der Waals surface area contributed by atoms with Crippen LogP contribution in [0.25, 0.3) is 76.9 Å². The van der Waals surface area contributed by atoms with Gasteiger partial charge < -0.3 is 13.6 Å². The van der Waals surface area contributed by atoms with Crippen LogP contribution in [0, 0.1) is 0 Å². The van der Waals surface area contributed by atoms with E-state index in [2.05, 4.69) is 22.8 Å². The average molecular weight is 507 g/mol. The third-order valence-electron chi connectivity index (χ3n) is 7.56. The Hall–Kier alpha value is -5.28. The summed E-state index contributed by atoms with van der Waals surface area (Å²) in [6.45, 7) is 0. The van der Waals surface area contributed by atoms with Crippen LogP contribution in [0.3, 0.4) is 0 Å². The van der Waals surface area contributed by atoms with Gasteiger partial charge in [0.2, 0.25) is 0 Å². The molecule has 0 radical (unpaired) electrons. The van der Waals surface area contributed by atoms with Crippen molar-refractivity contribution in [1.29, 1.82) is 0 Å². The fourth-order valence-corrected chi connectivity index (χ4v) is 5.95. The zero-order chi connectivity index (χ0) is 32.5. The van der Waals surface area contributed by atoms with Crippen LogP contribution in [-0.4, -0.2) is 9.13 Å². The average Bonchev–Trinajstić information content (AvgIpc) is 3.76. The van der Waals surface area contributed by atoms with Gasteiger partial charge in [-0.15, -0.1) is 0 Å². The molecule has 0 spiro atoms. The number of rotatable bonds is 2. The molecular formula is C36H22N2O. The summed E-state index contributed by atoms with van der Waals surface area (Å²) in [5.74, 6) is 0. The molecule has 0 saturated heterocycles. The van der Waals surface area contributed by atoms with Crippen LogP contribution in [0.1, 0.15) is 11.0 Å². The fourth-order valence-electron chi connectivity index (χ4n) is 5.95. The molecule has 39 heavy (non-hydrogen) atoms. The minimum Gasteiger partial charge on any atom is -0.454 e. The van der Waals surface area contributed by atoms with E-state index in [0.29, 0.717) is 5.69 Å². The van der Waals surface area contributed by atoms with Crippen LogP contribution in [0.15, 0.2) is 138 Å². The smallest absolute Gasteiger partial charge is 0.160 e. The Morgan fingerprint density at radius 2 is 1.13 bits per heavy atom. The molecule has 0 N–H and O–H groups in total. The first-order valence-electron chi connectivity index (χ1n) is 16.6. The predicted molar refractivity (Wildman–Crippen MR) is 162 cm³/mol. The predicted octanol–water partition coefficient (Wildman–Crippen LogP) is 9.78. The molecule has 3 heterocycles. The van der Waals surface area contributed by atoms with Gasteiger partial charge in [0.1, 0.15) is 5.58 Å². The third kappa shape index (κ3) is 2.76. The number of hydrogen-bond acceptors (Lipinski definition) is 1. The molecule has 3 heteroatoms. The second-order valence-electron chi connectivity index (χ2n) is 9.59. The number of nitrogens with zero attached hydrogens (tertiary/aromatic N) is 2. The van der Waals surface area contributed by atoms with E-state index in [-0.39, 0.29) is 46.0 Å². The van der Waals surface area contributed by atoms with Gasteiger partial charge in [-0.3, -0.25) is 0 Å². The minimum atomic E-state index is -0.470. The first-order chi connectivity index (χ1) is 22.7. The van der Waals surface area contributed by atoms with Crippen molar-refractivity contribution >= 4 is 65.6 Å². The second-order valence-corrected chi connectivity index (χ2v) is 9.59. The van der Waals surface area contributed by atoms with Gasteiger partial charge in [-0.05, 0) is 48.5 Å². The van der Waals surface area contributed by atoms with Gasteiger partial charge in [0, 0.05) is 43.7 Å². The normalized spacial score (nSPS) is 15.0. The van der Waals surface area contributed by atoms with Crippen LogP contribution < -0.4 is 0 Å². The molecule has 0 aliphatic rings. The summed E-state index contributed by atoms with van der Waals surface area (Å²) in [7, 11) is 0. The molecule has 3 nitrogen and oxygen atoms in total. The third-order valence-corrected chi connectivity index (χ3v) is 7.56. The maximum atomic E-state index is 8.90. The Labute approximate surface area is 235 Å². The summed E-state index contributed by atoms with van der Waals surface area (Å²) in [6.07, 6.45) is 0. The number of furan rings is 1. The lowest BCUT2D eigenvalue weighted by atomic mass is 10.1. The first kappa shape index (κ1) is 14.6. The van der Waals surface area contributed by atoms with Crippen LogP contribution >= 0.6 is 0 Å². The lowest BCUT2D eigenvalue weighted by molar-refractivity contribution is 0.671. The fraction of sp³-hybridized carbons (Fsp3) is 0. The number of benzene rings is 6.